The number of ether oxygens (including phenoxy) is 1. The van der Waals surface area contributed by atoms with Crippen LogP contribution in [-0.4, -0.2) is 21.0 Å². The lowest BCUT2D eigenvalue weighted by Crippen LogP contribution is -2.05. The van der Waals surface area contributed by atoms with Gasteiger partial charge in [-0.05, 0) is 61.4 Å². The minimum absolute atomic E-state index is 0.125. The summed E-state index contributed by atoms with van der Waals surface area (Å²) in [6, 6.07) is 8.48. The van der Waals surface area contributed by atoms with Crippen LogP contribution in [0.5, 0.6) is 11.5 Å². The maximum absolute atomic E-state index is 12.7. The summed E-state index contributed by atoms with van der Waals surface area (Å²) < 4.78 is 64.5. The van der Waals surface area contributed by atoms with E-state index in [9.17, 15) is 21.9 Å². The van der Waals surface area contributed by atoms with Crippen molar-refractivity contribution < 1.29 is 26.7 Å². The molecule has 0 saturated carbocycles. The van der Waals surface area contributed by atoms with Crippen molar-refractivity contribution in [1.29, 1.82) is 0 Å². The van der Waals surface area contributed by atoms with Gasteiger partial charge < -0.3 is 15.0 Å². The van der Waals surface area contributed by atoms with Gasteiger partial charge in [0.15, 0.2) is 11.1 Å². The van der Waals surface area contributed by atoms with E-state index in [1.54, 1.807) is 6.08 Å². The van der Waals surface area contributed by atoms with E-state index in [0.29, 0.717) is 12.1 Å². The predicted octanol–water partition coefficient (Wildman–Crippen LogP) is 4.61. The van der Waals surface area contributed by atoms with Gasteiger partial charge in [-0.2, -0.15) is 13.2 Å². The van der Waals surface area contributed by atoms with Crippen molar-refractivity contribution in [1.82, 2.24) is 0 Å². The Hall–Kier alpha value is -2.65. The van der Waals surface area contributed by atoms with Crippen LogP contribution >= 0.6 is 0 Å². The van der Waals surface area contributed by atoms with E-state index in [2.05, 4.69) is 4.99 Å². The molecule has 5 nitrogen and oxygen atoms in total. The number of alkyl halides is 3. The van der Waals surface area contributed by atoms with E-state index >= 15 is 0 Å². The molecular formula is C19H17F3N2O3S. The molecule has 1 aliphatic heterocycles. The Kier molecular flexibility index (Phi) is 5.85. The molecule has 1 atom stereocenters. The smallest absolute Gasteiger partial charge is 0.416 e. The Bertz CT molecular complexity index is 954. The second-order valence-electron chi connectivity index (χ2n) is 6.11. The highest BCUT2D eigenvalue weighted by Crippen LogP contribution is 2.34. The zero-order valence-electron chi connectivity index (χ0n) is 14.6. The Labute approximate surface area is 162 Å². The number of nitrogens with two attached hydrogens (primary N) is 1. The summed E-state index contributed by atoms with van der Waals surface area (Å²) in [6.07, 6.45) is -1.06. The van der Waals surface area contributed by atoms with Crippen LogP contribution in [0.2, 0.25) is 0 Å². The van der Waals surface area contributed by atoms with Gasteiger partial charge in [-0.3, -0.25) is 4.99 Å². The second kappa shape index (κ2) is 8.15. The molecule has 0 spiro atoms. The molecule has 0 radical (unpaired) electrons. The number of aliphatic imine (C=N–C) groups is 1. The van der Waals surface area contributed by atoms with E-state index in [0.717, 1.165) is 30.7 Å². The van der Waals surface area contributed by atoms with Crippen LogP contribution < -0.4 is 10.5 Å². The third-order valence-corrected chi connectivity index (χ3v) is 4.76. The number of halogens is 3. The minimum atomic E-state index is -4.44. The molecule has 3 N–H and O–H groups in total. The number of hydrogen-bond donors (Lipinski definition) is 2. The monoisotopic (exact) mass is 410 g/mol. The molecule has 1 aliphatic rings. The van der Waals surface area contributed by atoms with Crippen molar-refractivity contribution in [2.45, 2.75) is 23.9 Å². The fourth-order valence-electron chi connectivity index (χ4n) is 2.71. The molecule has 0 aromatic heterocycles. The van der Waals surface area contributed by atoms with Crippen molar-refractivity contribution >= 4 is 22.5 Å². The van der Waals surface area contributed by atoms with Gasteiger partial charge >= 0.3 is 6.18 Å². The topological polar surface area (TPSA) is 84.9 Å². The largest absolute Gasteiger partial charge is 0.457 e. The first kappa shape index (κ1) is 20.1. The molecule has 1 unspecified atom stereocenters. The Morgan fingerprint density at radius 1 is 1.21 bits per heavy atom. The van der Waals surface area contributed by atoms with Crippen LogP contribution in [0.15, 0.2) is 58.4 Å². The summed E-state index contributed by atoms with van der Waals surface area (Å²) >= 11 is -2.22. The number of rotatable bonds is 5. The quantitative estimate of drug-likeness (QED) is 0.705. The molecule has 1 heterocycles. The van der Waals surface area contributed by atoms with Crippen molar-refractivity contribution in [3.63, 3.8) is 0 Å². The van der Waals surface area contributed by atoms with Gasteiger partial charge in [-0.15, -0.1) is 0 Å². The van der Waals surface area contributed by atoms with Gasteiger partial charge in [0, 0.05) is 23.5 Å². The molecule has 148 valence electrons. The van der Waals surface area contributed by atoms with Crippen LogP contribution in [0.1, 0.15) is 24.0 Å². The summed E-state index contributed by atoms with van der Waals surface area (Å²) in [5.41, 5.74) is 6.82. The fraction of sp³-hybridized carbons (Fsp3) is 0.211. The molecule has 0 amide bonds. The molecular weight excluding hydrogens is 393 g/mol. The van der Waals surface area contributed by atoms with Gasteiger partial charge in [0.05, 0.1) is 10.5 Å². The highest BCUT2D eigenvalue weighted by Gasteiger charge is 2.30. The Morgan fingerprint density at radius 3 is 2.50 bits per heavy atom. The predicted molar refractivity (Wildman–Crippen MR) is 101 cm³/mol. The normalized spacial score (nSPS) is 16.0. The molecule has 2 aromatic carbocycles. The zero-order chi connectivity index (χ0) is 20.3. The maximum atomic E-state index is 12.7. The SMILES string of the molecule is NC(=CC1=NCCC1)c1cc(S(=O)O)ccc1Oc1ccc(C(F)(F)F)cc1. The number of benzene rings is 2. The van der Waals surface area contributed by atoms with Crippen LogP contribution in [0.25, 0.3) is 5.70 Å². The molecule has 3 rings (SSSR count). The van der Waals surface area contributed by atoms with E-state index < -0.39 is 22.8 Å². The number of hydrogen-bond acceptors (Lipinski definition) is 4. The summed E-state index contributed by atoms with van der Waals surface area (Å²) in [5, 5.41) is 0. The standard InChI is InChI=1S/C19H17F3N2O3S/c20-19(21,22)12-3-5-14(6-4-12)27-18-8-7-15(28(25)26)11-16(18)17(23)10-13-2-1-9-24-13/h3-8,10-11H,1-2,9,23H2,(H,25,26). The molecule has 2 aromatic rings. The molecule has 0 saturated heterocycles. The van der Waals surface area contributed by atoms with E-state index in [1.807, 2.05) is 0 Å². The second-order valence-corrected chi connectivity index (χ2v) is 7.08. The lowest BCUT2D eigenvalue weighted by atomic mass is 10.1. The first-order valence-corrected chi connectivity index (χ1v) is 9.45. The van der Waals surface area contributed by atoms with Crippen molar-refractivity contribution in [2.75, 3.05) is 6.54 Å². The van der Waals surface area contributed by atoms with Crippen LogP contribution in [0.3, 0.4) is 0 Å². The lowest BCUT2D eigenvalue weighted by molar-refractivity contribution is -0.137. The van der Waals surface area contributed by atoms with Crippen LogP contribution in [-0.2, 0) is 17.3 Å². The summed E-state index contributed by atoms with van der Waals surface area (Å²) in [5.74, 6) is 0.430. The van der Waals surface area contributed by atoms with E-state index in [1.165, 1.54) is 30.3 Å². The van der Waals surface area contributed by atoms with Gasteiger partial charge in [-0.25, -0.2) is 4.21 Å². The number of nitrogens with zero attached hydrogens (tertiary/aromatic N) is 1. The summed E-state index contributed by atoms with van der Waals surface area (Å²) in [7, 11) is 0. The molecule has 28 heavy (non-hydrogen) atoms. The van der Waals surface area contributed by atoms with Gasteiger partial charge in [0.2, 0.25) is 0 Å². The maximum Gasteiger partial charge on any atom is 0.416 e. The number of allylic oxidation sites excluding steroid dienone is 1. The highest BCUT2D eigenvalue weighted by molar-refractivity contribution is 7.79. The van der Waals surface area contributed by atoms with E-state index in [-0.39, 0.29) is 22.1 Å². The molecule has 0 fully saturated rings. The average Bonchev–Trinajstić information content (AvgIpc) is 3.14. The molecule has 0 bridgehead atoms. The summed E-state index contributed by atoms with van der Waals surface area (Å²) in [4.78, 5) is 4.43. The third kappa shape index (κ3) is 4.79. The molecule has 0 aliphatic carbocycles. The first-order valence-electron chi connectivity index (χ1n) is 8.35. The van der Waals surface area contributed by atoms with Gasteiger partial charge in [-0.1, -0.05) is 0 Å². The van der Waals surface area contributed by atoms with Crippen LogP contribution in [0, 0.1) is 0 Å². The van der Waals surface area contributed by atoms with Crippen molar-refractivity contribution in [2.24, 2.45) is 10.7 Å². The van der Waals surface area contributed by atoms with Crippen molar-refractivity contribution in [3.8, 4) is 11.5 Å². The van der Waals surface area contributed by atoms with Crippen molar-refractivity contribution in [3.05, 3.63) is 59.7 Å². The third-order valence-electron chi connectivity index (χ3n) is 4.10. The zero-order valence-corrected chi connectivity index (χ0v) is 15.4. The summed E-state index contributed by atoms with van der Waals surface area (Å²) in [6.45, 7) is 0.717. The average molecular weight is 410 g/mol. The first-order chi connectivity index (χ1) is 13.2. The lowest BCUT2D eigenvalue weighted by Gasteiger charge is -2.14. The fourth-order valence-corrected chi connectivity index (χ4v) is 3.11. The van der Waals surface area contributed by atoms with E-state index in [4.69, 9.17) is 10.5 Å². The molecule has 9 heteroatoms. The van der Waals surface area contributed by atoms with Gasteiger partial charge in [0.1, 0.15) is 11.5 Å². The Balaban J connectivity index is 1.94. The Morgan fingerprint density at radius 2 is 1.93 bits per heavy atom. The van der Waals surface area contributed by atoms with Crippen LogP contribution in [0.4, 0.5) is 13.2 Å². The van der Waals surface area contributed by atoms with Gasteiger partial charge in [0.25, 0.3) is 0 Å². The minimum Gasteiger partial charge on any atom is -0.457 e. The highest BCUT2D eigenvalue weighted by atomic mass is 32.2.